The molecule has 0 radical (unpaired) electrons. The van der Waals surface area contributed by atoms with Gasteiger partial charge in [0.1, 0.15) is 0 Å². The van der Waals surface area contributed by atoms with E-state index in [-0.39, 0.29) is 12.1 Å². The average Bonchev–Trinajstić information content (AvgIpc) is 2.24. The van der Waals surface area contributed by atoms with E-state index in [4.69, 9.17) is 0 Å². The fourth-order valence-electron chi connectivity index (χ4n) is 1.61. The first kappa shape index (κ1) is 10.9. The van der Waals surface area contributed by atoms with Crippen LogP contribution in [0.3, 0.4) is 0 Å². The molecule has 1 rings (SSSR count). The van der Waals surface area contributed by atoms with Gasteiger partial charge in [0.25, 0.3) is 10.2 Å². The highest BCUT2D eigenvalue weighted by Gasteiger charge is 2.39. The van der Waals surface area contributed by atoms with E-state index in [0.717, 1.165) is 0 Å². The summed E-state index contributed by atoms with van der Waals surface area (Å²) in [6, 6.07) is 0.127. The van der Waals surface area contributed by atoms with Crippen LogP contribution in [0.5, 0.6) is 0 Å². The monoisotopic (exact) mass is 206 g/mol. The molecule has 1 saturated heterocycles. The fourth-order valence-corrected chi connectivity index (χ4v) is 3.57. The number of nitrogens with zero attached hydrogens (tertiary/aromatic N) is 2. The summed E-state index contributed by atoms with van der Waals surface area (Å²) in [4.78, 5) is 0. The zero-order valence-electron chi connectivity index (χ0n) is 8.69. The van der Waals surface area contributed by atoms with Gasteiger partial charge in [0.05, 0.1) is 0 Å². The van der Waals surface area contributed by atoms with Gasteiger partial charge in [-0.3, -0.25) is 0 Å². The Morgan fingerprint density at radius 1 is 0.923 bits per heavy atom. The lowest BCUT2D eigenvalue weighted by atomic mass is 10.3. The first-order valence-electron chi connectivity index (χ1n) is 4.66. The summed E-state index contributed by atoms with van der Waals surface area (Å²) >= 11 is 0. The van der Waals surface area contributed by atoms with Crippen LogP contribution >= 0.6 is 0 Å². The molecule has 0 aromatic rings. The number of hydrogen-bond acceptors (Lipinski definition) is 2. The van der Waals surface area contributed by atoms with Gasteiger partial charge in [-0.25, -0.2) is 0 Å². The van der Waals surface area contributed by atoms with E-state index in [1.54, 1.807) is 8.61 Å². The largest absolute Gasteiger partial charge is 0.282 e. The minimum absolute atomic E-state index is 0.0637. The van der Waals surface area contributed by atoms with E-state index in [1.165, 1.54) is 0 Å². The van der Waals surface area contributed by atoms with Crippen molar-refractivity contribution < 1.29 is 8.42 Å². The van der Waals surface area contributed by atoms with E-state index in [1.807, 2.05) is 27.7 Å². The van der Waals surface area contributed by atoms with Crippen LogP contribution in [-0.4, -0.2) is 42.2 Å². The van der Waals surface area contributed by atoms with E-state index in [9.17, 15) is 8.42 Å². The molecule has 1 aliphatic rings. The molecule has 0 amide bonds. The molecule has 0 unspecified atom stereocenters. The highest BCUT2D eigenvalue weighted by molar-refractivity contribution is 7.87. The standard InChI is InChI=1S/C8H18N2O2S/c1-7(2)9-5-6-10(8(3)4)13(9,11)12/h7-8H,5-6H2,1-4H3. The van der Waals surface area contributed by atoms with Gasteiger partial charge in [-0.05, 0) is 27.7 Å². The second kappa shape index (κ2) is 3.55. The molecule has 0 N–H and O–H groups in total. The lowest BCUT2D eigenvalue weighted by molar-refractivity contribution is 0.384. The molecule has 1 aliphatic heterocycles. The molecular formula is C8H18N2O2S. The zero-order chi connectivity index (χ0) is 10.2. The Bertz CT molecular complexity index is 250. The van der Waals surface area contributed by atoms with E-state index >= 15 is 0 Å². The van der Waals surface area contributed by atoms with Crippen molar-refractivity contribution in [1.29, 1.82) is 0 Å². The molecule has 13 heavy (non-hydrogen) atoms. The van der Waals surface area contributed by atoms with Crippen LogP contribution in [0.15, 0.2) is 0 Å². The van der Waals surface area contributed by atoms with Crippen molar-refractivity contribution in [3.63, 3.8) is 0 Å². The van der Waals surface area contributed by atoms with Crippen molar-refractivity contribution in [2.45, 2.75) is 39.8 Å². The topological polar surface area (TPSA) is 40.6 Å². The molecule has 0 spiro atoms. The van der Waals surface area contributed by atoms with Gasteiger partial charge in [0.15, 0.2) is 0 Å². The molecule has 0 atom stereocenters. The third-order valence-corrected chi connectivity index (χ3v) is 4.68. The Kier molecular flexibility index (Phi) is 2.99. The van der Waals surface area contributed by atoms with Crippen LogP contribution in [0, 0.1) is 0 Å². The van der Waals surface area contributed by atoms with E-state index in [0.29, 0.717) is 13.1 Å². The Hall–Kier alpha value is -0.130. The third-order valence-electron chi connectivity index (χ3n) is 2.29. The maximum atomic E-state index is 11.8. The lowest BCUT2D eigenvalue weighted by Gasteiger charge is -2.23. The predicted molar refractivity (Wildman–Crippen MR) is 52.6 cm³/mol. The molecule has 5 heteroatoms. The summed E-state index contributed by atoms with van der Waals surface area (Å²) in [5.74, 6) is 0. The zero-order valence-corrected chi connectivity index (χ0v) is 9.50. The maximum absolute atomic E-state index is 11.8. The summed E-state index contributed by atoms with van der Waals surface area (Å²) in [5, 5.41) is 0. The SMILES string of the molecule is CC(C)N1CCN(C(C)C)S1(=O)=O. The highest BCUT2D eigenvalue weighted by atomic mass is 32.2. The van der Waals surface area contributed by atoms with Gasteiger partial charge in [0.2, 0.25) is 0 Å². The van der Waals surface area contributed by atoms with Crippen molar-refractivity contribution in [1.82, 2.24) is 8.61 Å². The van der Waals surface area contributed by atoms with Gasteiger partial charge in [-0.1, -0.05) is 0 Å². The summed E-state index contributed by atoms with van der Waals surface area (Å²) in [6.07, 6.45) is 0. The third kappa shape index (κ3) is 1.87. The molecule has 4 nitrogen and oxygen atoms in total. The van der Waals surface area contributed by atoms with Crippen molar-refractivity contribution in [2.24, 2.45) is 0 Å². The van der Waals surface area contributed by atoms with Crippen LogP contribution in [0.25, 0.3) is 0 Å². The van der Waals surface area contributed by atoms with Crippen LogP contribution < -0.4 is 0 Å². The van der Waals surface area contributed by atoms with Crippen LogP contribution in [-0.2, 0) is 10.2 Å². The van der Waals surface area contributed by atoms with E-state index < -0.39 is 10.2 Å². The van der Waals surface area contributed by atoms with Gasteiger partial charge < -0.3 is 0 Å². The molecule has 1 fully saturated rings. The fraction of sp³-hybridized carbons (Fsp3) is 1.00. The summed E-state index contributed by atoms with van der Waals surface area (Å²) in [7, 11) is -3.16. The smallest absolute Gasteiger partial charge is 0.195 e. The molecular weight excluding hydrogens is 188 g/mol. The molecule has 78 valence electrons. The Morgan fingerprint density at radius 3 is 1.38 bits per heavy atom. The molecule has 0 aromatic carbocycles. The minimum atomic E-state index is -3.16. The molecule has 1 heterocycles. The Balaban J connectivity index is 2.90. The summed E-state index contributed by atoms with van der Waals surface area (Å²) in [5.41, 5.74) is 0. The predicted octanol–water partition coefficient (Wildman–Crippen LogP) is 0.666. The van der Waals surface area contributed by atoms with Crippen LogP contribution in [0.1, 0.15) is 27.7 Å². The first-order valence-corrected chi connectivity index (χ1v) is 6.05. The number of hydrogen-bond donors (Lipinski definition) is 0. The Morgan fingerprint density at radius 2 is 1.23 bits per heavy atom. The molecule has 0 bridgehead atoms. The maximum Gasteiger partial charge on any atom is 0.282 e. The quantitative estimate of drug-likeness (QED) is 0.666. The van der Waals surface area contributed by atoms with Crippen molar-refractivity contribution in [3.8, 4) is 0 Å². The molecule has 0 aromatic heterocycles. The summed E-state index contributed by atoms with van der Waals surface area (Å²) in [6.45, 7) is 8.86. The normalized spacial score (nSPS) is 24.8. The number of rotatable bonds is 2. The second-order valence-corrected chi connectivity index (χ2v) is 5.75. The highest BCUT2D eigenvalue weighted by Crippen LogP contribution is 2.21. The minimum Gasteiger partial charge on any atom is -0.195 e. The van der Waals surface area contributed by atoms with Gasteiger partial charge in [-0.2, -0.15) is 17.0 Å². The van der Waals surface area contributed by atoms with Gasteiger partial charge in [-0.15, -0.1) is 0 Å². The van der Waals surface area contributed by atoms with E-state index in [2.05, 4.69) is 0 Å². The summed E-state index contributed by atoms with van der Waals surface area (Å²) < 4.78 is 26.8. The lowest BCUT2D eigenvalue weighted by Crippen LogP contribution is -2.39. The van der Waals surface area contributed by atoms with Crippen LogP contribution in [0.2, 0.25) is 0 Å². The van der Waals surface area contributed by atoms with Crippen molar-refractivity contribution >= 4 is 10.2 Å². The average molecular weight is 206 g/mol. The van der Waals surface area contributed by atoms with Crippen LogP contribution in [0.4, 0.5) is 0 Å². The molecule has 0 aliphatic carbocycles. The molecule has 0 saturated carbocycles. The van der Waals surface area contributed by atoms with Gasteiger partial charge >= 0.3 is 0 Å². The van der Waals surface area contributed by atoms with Crippen molar-refractivity contribution in [3.05, 3.63) is 0 Å². The Labute approximate surface area is 80.7 Å². The van der Waals surface area contributed by atoms with Gasteiger partial charge in [0, 0.05) is 25.2 Å². The van der Waals surface area contributed by atoms with Crippen molar-refractivity contribution in [2.75, 3.05) is 13.1 Å². The second-order valence-electron chi connectivity index (χ2n) is 3.92. The first-order chi connectivity index (χ1) is 5.87.